The lowest BCUT2D eigenvalue weighted by Gasteiger charge is -2.24. The topological polar surface area (TPSA) is 20.3 Å². The van der Waals surface area contributed by atoms with E-state index in [1.165, 1.54) is 32.1 Å². The van der Waals surface area contributed by atoms with Gasteiger partial charge in [-0.25, -0.2) is 0 Å². The normalized spacial score (nSPS) is 18.3. The third kappa shape index (κ3) is 5.45. The minimum absolute atomic E-state index is 0.357. The molecule has 1 rings (SSSR count). The number of nitrogens with zero attached hydrogens (tertiary/aromatic N) is 1. The van der Waals surface area contributed by atoms with Crippen LogP contribution in [0.2, 0.25) is 0 Å². The molecule has 88 valence electrons. The zero-order valence-electron chi connectivity index (χ0n) is 9.83. The van der Waals surface area contributed by atoms with Gasteiger partial charge in [0.15, 0.2) is 0 Å². The molecule has 1 heterocycles. The van der Waals surface area contributed by atoms with Gasteiger partial charge in [0.2, 0.25) is 5.91 Å². The zero-order valence-corrected chi connectivity index (χ0v) is 10.7. The molecule has 0 aromatic heterocycles. The third-order valence-electron chi connectivity index (χ3n) is 2.78. The lowest BCUT2D eigenvalue weighted by molar-refractivity contribution is -0.128. The van der Waals surface area contributed by atoms with Gasteiger partial charge in [0, 0.05) is 13.1 Å². The van der Waals surface area contributed by atoms with Gasteiger partial charge in [-0.2, -0.15) is 11.8 Å². The van der Waals surface area contributed by atoms with Gasteiger partial charge in [-0.05, 0) is 25.0 Å². The Morgan fingerprint density at radius 1 is 1.13 bits per heavy atom. The summed E-state index contributed by atoms with van der Waals surface area (Å²) in [6, 6.07) is 0. The molecule has 15 heavy (non-hydrogen) atoms. The van der Waals surface area contributed by atoms with Crippen molar-refractivity contribution < 1.29 is 4.79 Å². The van der Waals surface area contributed by atoms with E-state index < -0.39 is 0 Å². The summed E-state index contributed by atoms with van der Waals surface area (Å²) in [4.78, 5) is 13.9. The Morgan fingerprint density at radius 2 is 1.73 bits per heavy atom. The summed E-state index contributed by atoms with van der Waals surface area (Å²) in [5.74, 6) is 2.16. The minimum Gasteiger partial charge on any atom is -0.342 e. The minimum atomic E-state index is 0.357. The van der Waals surface area contributed by atoms with Crippen molar-refractivity contribution in [3.63, 3.8) is 0 Å². The van der Waals surface area contributed by atoms with Crippen molar-refractivity contribution >= 4 is 17.7 Å². The van der Waals surface area contributed by atoms with Gasteiger partial charge in [-0.3, -0.25) is 4.79 Å². The molecule has 1 amide bonds. The first kappa shape index (κ1) is 12.9. The molecule has 1 fully saturated rings. The summed E-state index contributed by atoms with van der Waals surface area (Å²) in [7, 11) is 0. The van der Waals surface area contributed by atoms with E-state index in [-0.39, 0.29) is 0 Å². The molecule has 1 aliphatic rings. The Kier molecular flexibility index (Phi) is 6.90. The van der Waals surface area contributed by atoms with Gasteiger partial charge in [0.1, 0.15) is 0 Å². The van der Waals surface area contributed by atoms with E-state index in [9.17, 15) is 4.79 Å². The van der Waals surface area contributed by atoms with E-state index in [2.05, 4.69) is 11.8 Å². The van der Waals surface area contributed by atoms with E-state index in [1.807, 2.05) is 0 Å². The van der Waals surface area contributed by atoms with Crippen LogP contribution in [-0.2, 0) is 4.79 Å². The highest BCUT2D eigenvalue weighted by Gasteiger charge is 2.13. The van der Waals surface area contributed by atoms with E-state index >= 15 is 0 Å². The number of hydrogen-bond donors (Lipinski definition) is 0. The number of likely N-dealkylation sites (tertiary alicyclic amines) is 1. The van der Waals surface area contributed by atoms with Crippen LogP contribution in [-0.4, -0.2) is 35.4 Å². The summed E-state index contributed by atoms with van der Waals surface area (Å²) in [6.45, 7) is 4.14. The van der Waals surface area contributed by atoms with Gasteiger partial charge in [-0.1, -0.05) is 26.2 Å². The molecule has 1 aliphatic heterocycles. The monoisotopic (exact) mass is 229 g/mol. The van der Waals surface area contributed by atoms with E-state index in [0.717, 1.165) is 25.3 Å². The Balaban J connectivity index is 2.22. The summed E-state index contributed by atoms with van der Waals surface area (Å²) in [5, 5.41) is 0. The summed E-state index contributed by atoms with van der Waals surface area (Å²) >= 11 is 1.78. The number of carbonyl (C=O) groups is 1. The molecule has 3 heteroatoms. The number of rotatable bonds is 4. The summed E-state index contributed by atoms with van der Waals surface area (Å²) in [5.41, 5.74) is 0. The van der Waals surface area contributed by atoms with Gasteiger partial charge < -0.3 is 4.90 Å². The fraction of sp³-hybridized carbons (Fsp3) is 0.917. The summed E-state index contributed by atoms with van der Waals surface area (Å²) < 4.78 is 0. The predicted octanol–water partition coefficient (Wildman–Crippen LogP) is 2.92. The molecular formula is C12H23NOS. The molecule has 2 nitrogen and oxygen atoms in total. The number of hydrogen-bond acceptors (Lipinski definition) is 2. The average Bonchev–Trinajstić information content (AvgIpc) is 2.17. The van der Waals surface area contributed by atoms with Crippen LogP contribution in [0, 0.1) is 0 Å². The van der Waals surface area contributed by atoms with Crippen molar-refractivity contribution in [2.45, 2.75) is 45.4 Å². The maximum atomic E-state index is 11.8. The molecule has 0 saturated carbocycles. The fourth-order valence-electron chi connectivity index (χ4n) is 1.89. The van der Waals surface area contributed by atoms with Crippen molar-refractivity contribution in [2.24, 2.45) is 0 Å². The van der Waals surface area contributed by atoms with Gasteiger partial charge >= 0.3 is 0 Å². The second-order valence-electron chi connectivity index (χ2n) is 4.20. The van der Waals surface area contributed by atoms with Gasteiger partial charge in [-0.15, -0.1) is 0 Å². The van der Waals surface area contributed by atoms with Gasteiger partial charge in [0.05, 0.1) is 5.75 Å². The van der Waals surface area contributed by atoms with Crippen molar-refractivity contribution in [1.82, 2.24) is 4.90 Å². The lowest BCUT2D eigenvalue weighted by Crippen LogP contribution is -2.35. The molecule has 0 spiro atoms. The smallest absolute Gasteiger partial charge is 0.232 e. The van der Waals surface area contributed by atoms with E-state index in [1.54, 1.807) is 11.8 Å². The van der Waals surface area contributed by atoms with Crippen LogP contribution in [0.1, 0.15) is 45.4 Å². The van der Waals surface area contributed by atoms with Crippen LogP contribution >= 0.6 is 11.8 Å². The van der Waals surface area contributed by atoms with Crippen LogP contribution in [0.4, 0.5) is 0 Å². The molecule has 0 unspecified atom stereocenters. The van der Waals surface area contributed by atoms with Crippen LogP contribution in [0.3, 0.4) is 0 Å². The first-order valence-corrected chi connectivity index (χ1v) is 7.35. The summed E-state index contributed by atoms with van der Waals surface area (Å²) in [6.07, 6.45) is 7.51. The highest BCUT2D eigenvalue weighted by atomic mass is 32.2. The molecule has 0 aliphatic carbocycles. The zero-order chi connectivity index (χ0) is 10.9. The number of carbonyl (C=O) groups excluding carboxylic acids is 1. The maximum Gasteiger partial charge on any atom is 0.232 e. The number of thioether (sulfide) groups is 1. The fourth-order valence-corrected chi connectivity index (χ4v) is 2.68. The lowest BCUT2D eigenvalue weighted by atomic mass is 10.1. The highest BCUT2D eigenvalue weighted by molar-refractivity contribution is 7.99. The second-order valence-corrected chi connectivity index (χ2v) is 5.31. The Bertz CT molecular complexity index is 176. The first-order chi connectivity index (χ1) is 7.34. The van der Waals surface area contributed by atoms with Crippen LogP contribution in [0.5, 0.6) is 0 Å². The van der Waals surface area contributed by atoms with Crippen LogP contribution in [0.25, 0.3) is 0 Å². The molecule has 0 radical (unpaired) electrons. The number of amides is 1. The van der Waals surface area contributed by atoms with Crippen molar-refractivity contribution in [2.75, 3.05) is 24.6 Å². The van der Waals surface area contributed by atoms with Gasteiger partial charge in [0.25, 0.3) is 0 Å². The second kappa shape index (κ2) is 8.03. The quantitative estimate of drug-likeness (QED) is 0.691. The molecule has 0 N–H and O–H groups in total. The van der Waals surface area contributed by atoms with E-state index in [0.29, 0.717) is 11.7 Å². The molecule has 0 aromatic rings. The van der Waals surface area contributed by atoms with Crippen LogP contribution in [0.15, 0.2) is 0 Å². The molecule has 0 atom stereocenters. The van der Waals surface area contributed by atoms with Crippen molar-refractivity contribution in [3.8, 4) is 0 Å². The molecular weight excluding hydrogens is 206 g/mol. The highest BCUT2D eigenvalue weighted by Crippen LogP contribution is 2.12. The van der Waals surface area contributed by atoms with Crippen molar-refractivity contribution in [3.05, 3.63) is 0 Å². The largest absolute Gasteiger partial charge is 0.342 e. The standard InChI is InChI=1S/C12H23NOS/c1-2-10-15-11-12(14)13-8-6-4-3-5-7-9-13/h2-11H2,1H3. The SMILES string of the molecule is CCCSCC(=O)N1CCCCCCC1. The Morgan fingerprint density at radius 3 is 2.33 bits per heavy atom. The maximum absolute atomic E-state index is 11.8. The molecule has 0 aromatic carbocycles. The molecule has 0 bridgehead atoms. The predicted molar refractivity (Wildman–Crippen MR) is 67.3 cm³/mol. The van der Waals surface area contributed by atoms with E-state index in [4.69, 9.17) is 0 Å². The first-order valence-electron chi connectivity index (χ1n) is 6.20. The Labute approximate surface area is 97.8 Å². The van der Waals surface area contributed by atoms with Crippen LogP contribution < -0.4 is 0 Å². The third-order valence-corrected chi connectivity index (χ3v) is 3.93. The Hall–Kier alpha value is -0.180. The van der Waals surface area contributed by atoms with Crippen molar-refractivity contribution in [1.29, 1.82) is 0 Å². The average molecular weight is 229 g/mol. The molecule has 1 saturated heterocycles.